The molecule has 6 heteroatoms. The van der Waals surface area contributed by atoms with Gasteiger partial charge in [-0.05, 0) is 282 Å². The number of nitrogens with zero attached hydrogens (tertiary/aromatic N) is 6. The smallest absolute Gasteiger partial charge is 0.0540 e. The molecule has 0 amide bonds. The van der Waals surface area contributed by atoms with Crippen LogP contribution in [0, 0.1) is 0 Å². The minimum Gasteiger partial charge on any atom is -0.310 e. The van der Waals surface area contributed by atoms with Gasteiger partial charge in [0.1, 0.15) is 0 Å². The molecule has 0 spiro atoms. The van der Waals surface area contributed by atoms with E-state index in [1.165, 1.54) is 64.6 Å². The molecule has 0 fully saturated rings. The lowest BCUT2D eigenvalue weighted by atomic mass is 10.0. The summed E-state index contributed by atoms with van der Waals surface area (Å²) >= 11 is 0. The fourth-order valence-electron chi connectivity index (χ4n) is 17.8. The zero-order chi connectivity index (χ0) is 83.9. The number of para-hydroxylation sites is 6. The van der Waals surface area contributed by atoms with Gasteiger partial charge in [-0.2, -0.15) is 0 Å². The highest BCUT2D eigenvalue weighted by molar-refractivity contribution is 6.01. The van der Waals surface area contributed by atoms with Gasteiger partial charge in [0.25, 0.3) is 0 Å². The Hall–Kier alpha value is -16.8. The molecule has 0 N–H and O–H groups in total. The van der Waals surface area contributed by atoms with E-state index in [9.17, 15) is 0 Å². The Bertz CT molecular complexity index is 7310. The van der Waals surface area contributed by atoms with Gasteiger partial charge >= 0.3 is 0 Å². The first-order valence-corrected chi connectivity index (χ1v) is 43.0. The van der Waals surface area contributed by atoms with E-state index in [0.717, 1.165) is 125 Å². The van der Waals surface area contributed by atoms with Gasteiger partial charge in [-0.15, -0.1) is 0 Å². The topological polar surface area (TPSA) is 19.4 Å². The van der Waals surface area contributed by atoms with Crippen LogP contribution in [0.1, 0.15) is 0 Å². The lowest BCUT2D eigenvalue weighted by Crippen LogP contribution is -2.13. The van der Waals surface area contributed by atoms with E-state index in [1.54, 1.807) is 0 Å². The van der Waals surface area contributed by atoms with Gasteiger partial charge < -0.3 is 29.4 Å². The van der Waals surface area contributed by atoms with Crippen LogP contribution in [0.5, 0.6) is 0 Å². The van der Waals surface area contributed by atoms with E-state index in [1.807, 2.05) is 0 Å². The van der Waals surface area contributed by atoms with Gasteiger partial charge in [-0.3, -0.25) is 0 Å². The second kappa shape index (κ2) is 34.7. The summed E-state index contributed by atoms with van der Waals surface area (Å²) in [5.41, 5.74) is 24.0. The zero-order valence-electron chi connectivity index (χ0n) is 69.3. The van der Waals surface area contributed by atoms with E-state index in [0.29, 0.717) is 0 Å². The molecular formula is C120H86N6. The zero-order valence-corrected chi connectivity index (χ0v) is 69.3. The Morgan fingerprint density at radius 2 is 0.294 bits per heavy atom. The summed E-state index contributed by atoms with van der Waals surface area (Å²) in [4.78, 5) is 14.2. The number of hydrogen-bond acceptors (Lipinski definition) is 6. The average molecular weight is 1610 g/mol. The van der Waals surface area contributed by atoms with Gasteiger partial charge in [0.05, 0.1) is 5.69 Å². The molecule has 0 aromatic heterocycles. The molecule has 596 valence electrons. The SMILES string of the molecule is c1ccc(N(c2cc(-c3ccc(N(c4ccccc4)c4cccc5ccccc45)cc3)cc(N(c3ccccc3)c3ccc4ccccc4c3)c2)c2ccc3ccccc3c2)cc1.c1ccc(N(c2ccc(-c3cc(N(c4ccccc4)c4ccc5ccccc5c4)cc(N(c4ccccc4)c4ccc5ccccc5c4)c3)cc2)c2ccc3ccccc3c2)cc1. The summed E-state index contributed by atoms with van der Waals surface area (Å²) in [6, 6.07) is 188. The number of benzene rings is 22. The molecule has 0 atom stereocenters. The number of hydrogen-bond donors (Lipinski definition) is 0. The molecule has 22 aromatic carbocycles. The third-order valence-electron chi connectivity index (χ3n) is 23.8. The molecule has 6 nitrogen and oxygen atoms in total. The summed E-state index contributed by atoms with van der Waals surface area (Å²) in [5, 5.41) is 14.5. The van der Waals surface area contributed by atoms with Gasteiger partial charge in [0.15, 0.2) is 0 Å². The van der Waals surface area contributed by atoms with Crippen LogP contribution < -0.4 is 29.4 Å². The van der Waals surface area contributed by atoms with E-state index >= 15 is 0 Å². The third kappa shape index (κ3) is 15.8. The Kier molecular flexibility index (Phi) is 21.1. The molecule has 0 unspecified atom stereocenters. The summed E-state index contributed by atoms with van der Waals surface area (Å²) in [6.45, 7) is 0. The molecule has 0 radical (unpaired) electrons. The Balaban J connectivity index is 0.000000154. The van der Waals surface area contributed by atoms with E-state index in [-0.39, 0.29) is 0 Å². The summed E-state index contributed by atoms with van der Waals surface area (Å²) in [7, 11) is 0. The third-order valence-corrected chi connectivity index (χ3v) is 23.8. The van der Waals surface area contributed by atoms with Crippen molar-refractivity contribution in [2.45, 2.75) is 0 Å². The minimum absolute atomic E-state index is 1.05. The van der Waals surface area contributed by atoms with Crippen LogP contribution in [-0.2, 0) is 0 Å². The number of fused-ring (bicyclic) bond motifs is 6. The van der Waals surface area contributed by atoms with Crippen molar-refractivity contribution in [3.8, 4) is 22.3 Å². The van der Waals surface area contributed by atoms with E-state index in [2.05, 4.69) is 551 Å². The van der Waals surface area contributed by atoms with Crippen molar-refractivity contribution >= 4 is 167 Å². The minimum atomic E-state index is 1.05. The molecular weight excluding hydrogens is 1530 g/mol. The standard InChI is InChI=1S/2C60H43N3/c1-4-22-52(23-5-1)61(56-35-30-44-16-10-13-19-48(44)38-56)55-33-28-47(29-34-55)51-41-59(62(53-24-6-2-7-25-53)57-36-31-45-17-11-14-20-49(45)39-57)43-60(42-51)63(54-26-8-3-9-27-54)58-37-32-46-18-12-15-21-50(46)40-58;1-4-23-51(24-5-1)61(55-37-33-44-17-10-12-20-48(44)39-55)57-41-50(42-58(43-57)62(52-25-6-2-7-26-52)56-38-34-45-18-11-13-21-49(45)40-56)46-31-35-54(36-32-46)63(53-27-8-3-9-28-53)60-30-16-22-47-19-14-15-29-59(47)60/h2*1-43H. The van der Waals surface area contributed by atoms with Crippen molar-refractivity contribution in [1.82, 2.24) is 0 Å². The lowest BCUT2D eigenvalue weighted by molar-refractivity contribution is 1.25. The number of rotatable bonds is 20. The second-order valence-electron chi connectivity index (χ2n) is 31.8. The summed E-state index contributed by atoms with van der Waals surface area (Å²) < 4.78 is 0. The fourth-order valence-corrected chi connectivity index (χ4v) is 17.8. The molecule has 0 saturated carbocycles. The van der Waals surface area contributed by atoms with Crippen molar-refractivity contribution in [2.75, 3.05) is 29.4 Å². The van der Waals surface area contributed by atoms with Crippen LogP contribution in [0.4, 0.5) is 102 Å². The summed E-state index contributed by atoms with van der Waals surface area (Å²) in [5.74, 6) is 0. The molecule has 22 rings (SSSR count). The highest BCUT2D eigenvalue weighted by Gasteiger charge is 2.25. The van der Waals surface area contributed by atoms with Crippen LogP contribution in [-0.4, -0.2) is 0 Å². The predicted octanol–water partition coefficient (Wildman–Crippen LogP) is 34.4. The fraction of sp³-hybridized carbons (Fsp3) is 0. The average Bonchev–Trinajstić information content (AvgIpc) is 0.766. The van der Waals surface area contributed by atoms with Crippen LogP contribution in [0.3, 0.4) is 0 Å². The number of anilines is 18. The van der Waals surface area contributed by atoms with Crippen LogP contribution >= 0.6 is 0 Å². The maximum absolute atomic E-state index is 2.38. The lowest BCUT2D eigenvalue weighted by Gasteiger charge is -2.31. The van der Waals surface area contributed by atoms with Crippen LogP contribution in [0.15, 0.2) is 522 Å². The van der Waals surface area contributed by atoms with Crippen molar-refractivity contribution < 1.29 is 0 Å². The maximum Gasteiger partial charge on any atom is 0.0540 e. The van der Waals surface area contributed by atoms with Crippen molar-refractivity contribution in [3.05, 3.63) is 522 Å². The first-order valence-electron chi connectivity index (χ1n) is 43.0. The first kappa shape index (κ1) is 76.6. The largest absolute Gasteiger partial charge is 0.310 e. The monoisotopic (exact) mass is 1610 g/mol. The molecule has 0 heterocycles. The van der Waals surface area contributed by atoms with Crippen molar-refractivity contribution in [3.63, 3.8) is 0 Å². The van der Waals surface area contributed by atoms with E-state index in [4.69, 9.17) is 0 Å². The molecule has 0 saturated heterocycles. The van der Waals surface area contributed by atoms with Crippen molar-refractivity contribution in [1.29, 1.82) is 0 Å². The van der Waals surface area contributed by atoms with E-state index < -0.39 is 0 Å². The van der Waals surface area contributed by atoms with Crippen LogP contribution in [0.25, 0.3) is 86.9 Å². The first-order chi connectivity index (χ1) is 62.4. The Labute approximate surface area is 735 Å². The highest BCUT2D eigenvalue weighted by Crippen LogP contribution is 2.49. The molecule has 0 aliphatic rings. The van der Waals surface area contributed by atoms with Gasteiger partial charge in [0.2, 0.25) is 0 Å². The normalized spacial score (nSPS) is 11.2. The van der Waals surface area contributed by atoms with Gasteiger partial charge in [0, 0.05) is 102 Å². The molecule has 0 bridgehead atoms. The molecule has 0 aliphatic heterocycles. The second-order valence-corrected chi connectivity index (χ2v) is 31.8. The molecule has 126 heavy (non-hydrogen) atoms. The van der Waals surface area contributed by atoms with Crippen molar-refractivity contribution in [2.24, 2.45) is 0 Å². The predicted molar refractivity (Wildman–Crippen MR) is 537 cm³/mol. The summed E-state index contributed by atoms with van der Waals surface area (Å²) in [6.07, 6.45) is 0. The quantitative estimate of drug-likeness (QED) is 0.0752. The Morgan fingerprint density at radius 3 is 0.571 bits per heavy atom. The highest BCUT2D eigenvalue weighted by atomic mass is 15.2. The van der Waals surface area contributed by atoms with Gasteiger partial charge in [-0.25, -0.2) is 0 Å². The Morgan fingerprint density at radius 1 is 0.0952 bits per heavy atom. The molecule has 0 aliphatic carbocycles. The van der Waals surface area contributed by atoms with Crippen LogP contribution in [0.2, 0.25) is 0 Å². The van der Waals surface area contributed by atoms with Gasteiger partial charge in [-0.1, -0.05) is 322 Å². The maximum atomic E-state index is 2.38. The molecule has 22 aromatic rings.